The van der Waals surface area contributed by atoms with E-state index in [2.05, 4.69) is 11.9 Å². The van der Waals surface area contributed by atoms with Gasteiger partial charge in [-0.2, -0.15) is 10.2 Å². The number of anilines is 1. The van der Waals surface area contributed by atoms with Crippen LogP contribution in [-0.4, -0.2) is 50.7 Å². The number of nitrogen functional groups attached to an aromatic ring is 1. The average Bonchev–Trinajstić information content (AvgIpc) is 2.91. The molecule has 0 unspecified atom stereocenters. The molecule has 0 radical (unpaired) electrons. The Morgan fingerprint density at radius 2 is 2.14 bits per heavy atom. The molecular formula is C18H26N4O6. The van der Waals surface area contributed by atoms with E-state index < -0.39 is 35.7 Å². The molecule has 1 saturated heterocycles. The Labute approximate surface area is 162 Å². The Balaban J connectivity index is 2.00. The smallest absolute Gasteiger partial charge is 0.352 e. The highest BCUT2D eigenvalue weighted by molar-refractivity contribution is 5.69. The third kappa shape index (κ3) is 4.67. The highest BCUT2D eigenvalue weighted by Gasteiger charge is 2.57. The molecule has 2 heterocycles. The van der Waals surface area contributed by atoms with E-state index in [0.29, 0.717) is 6.42 Å². The average molecular weight is 394 g/mol. The molecule has 1 aliphatic rings. The molecule has 0 amide bonds. The van der Waals surface area contributed by atoms with Crippen LogP contribution >= 0.6 is 0 Å². The van der Waals surface area contributed by atoms with Gasteiger partial charge in [-0.25, -0.2) is 4.79 Å². The predicted octanol–water partition coefficient (Wildman–Crippen LogP) is 0.0262. The van der Waals surface area contributed by atoms with E-state index >= 15 is 0 Å². The van der Waals surface area contributed by atoms with E-state index in [0.717, 1.165) is 36.4 Å². The van der Waals surface area contributed by atoms with Crippen LogP contribution in [0.3, 0.4) is 0 Å². The molecule has 1 aromatic heterocycles. The SMILES string of the molecule is CCCCCCCC(=O)OC[C@H]1O[C@@](C#N)(n2ccc(N)nc2=O)[C@H](O)[C@@H]1O. The highest BCUT2D eigenvalue weighted by Crippen LogP contribution is 2.34. The topological polar surface area (TPSA) is 161 Å². The summed E-state index contributed by atoms with van der Waals surface area (Å²) >= 11 is 0. The highest BCUT2D eigenvalue weighted by atomic mass is 16.6. The van der Waals surface area contributed by atoms with Crippen LogP contribution in [0.2, 0.25) is 0 Å². The summed E-state index contributed by atoms with van der Waals surface area (Å²) in [7, 11) is 0. The summed E-state index contributed by atoms with van der Waals surface area (Å²) in [6, 6.07) is 2.97. The number of hydrogen-bond donors (Lipinski definition) is 3. The van der Waals surface area contributed by atoms with Gasteiger partial charge in [0.05, 0.1) is 0 Å². The number of nitrogens with zero attached hydrogens (tertiary/aromatic N) is 3. The first-order valence-electron chi connectivity index (χ1n) is 9.32. The first-order valence-corrected chi connectivity index (χ1v) is 9.32. The fourth-order valence-electron chi connectivity index (χ4n) is 3.07. The molecule has 4 N–H and O–H groups in total. The maximum Gasteiger partial charge on any atom is 0.352 e. The summed E-state index contributed by atoms with van der Waals surface area (Å²) in [6.07, 6.45) is 1.81. The number of aliphatic hydroxyl groups is 2. The van der Waals surface area contributed by atoms with Gasteiger partial charge in [0.15, 0.2) is 0 Å². The number of unbranched alkanes of at least 4 members (excludes halogenated alkanes) is 4. The fraction of sp³-hybridized carbons (Fsp3) is 0.667. The summed E-state index contributed by atoms with van der Waals surface area (Å²) in [6.45, 7) is 1.75. The van der Waals surface area contributed by atoms with Gasteiger partial charge in [-0.3, -0.25) is 9.36 Å². The molecule has 0 aliphatic carbocycles. The van der Waals surface area contributed by atoms with Crippen molar-refractivity contribution >= 4 is 11.8 Å². The molecule has 10 nitrogen and oxygen atoms in total. The van der Waals surface area contributed by atoms with E-state index in [1.54, 1.807) is 6.07 Å². The lowest BCUT2D eigenvalue weighted by Crippen LogP contribution is -2.49. The minimum atomic E-state index is -2.20. The maximum atomic E-state index is 12.1. The number of carbonyl (C=O) groups excluding carboxylic acids is 1. The van der Waals surface area contributed by atoms with Crippen molar-refractivity contribution in [2.75, 3.05) is 12.3 Å². The molecule has 154 valence electrons. The fourth-order valence-corrected chi connectivity index (χ4v) is 3.07. The Hall–Kier alpha value is -2.48. The largest absolute Gasteiger partial charge is 0.463 e. The number of nitrogens with two attached hydrogens (primary N) is 1. The number of rotatable bonds is 9. The number of hydrogen-bond acceptors (Lipinski definition) is 9. The Morgan fingerprint density at radius 3 is 2.79 bits per heavy atom. The lowest BCUT2D eigenvalue weighted by molar-refractivity contribution is -0.153. The molecule has 0 bridgehead atoms. The molecule has 0 spiro atoms. The van der Waals surface area contributed by atoms with E-state index in [4.69, 9.17) is 15.2 Å². The van der Waals surface area contributed by atoms with Crippen molar-refractivity contribution < 1.29 is 24.5 Å². The number of aromatic nitrogens is 2. The zero-order valence-electron chi connectivity index (χ0n) is 15.8. The number of ether oxygens (including phenoxy) is 2. The van der Waals surface area contributed by atoms with Crippen molar-refractivity contribution in [3.05, 3.63) is 22.7 Å². The normalized spacial score (nSPS) is 26.7. The molecular weight excluding hydrogens is 368 g/mol. The molecule has 1 aromatic rings. The predicted molar refractivity (Wildman–Crippen MR) is 97.7 cm³/mol. The van der Waals surface area contributed by atoms with Crippen LogP contribution < -0.4 is 11.4 Å². The van der Waals surface area contributed by atoms with Crippen LogP contribution in [0.5, 0.6) is 0 Å². The van der Waals surface area contributed by atoms with Crippen molar-refractivity contribution in [2.24, 2.45) is 0 Å². The lowest BCUT2D eigenvalue weighted by Gasteiger charge is -2.26. The van der Waals surface area contributed by atoms with Gasteiger partial charge in [0, 0.05) is 12.6 Å². The molecule has 0 saturated carbocycles. The maximum absolute atomic E-state index is 12.1. The summed E-state index contributed by atoms with van der Waals surface area (Å²) < 4.78 is 11.3. The zero-order chi connectivity index (χ0) is 20.7. The van der Waals surface area contributed by atoms with Gasteiger partial charge in [-0.1, -0.05) is 32.6 Å². The second kappa shape index (κ2) is 9.64. The van der Waals surface area contributed by atoms with Crippen LogP contribution in [-0.2, 0) is 20.0 Å². The summed E-state index contributed by atoms with van der Waals surface area (Å²) in [5.74, 6) is -0.519. The molecule has 4 atom stereocenters. The van der Waals surface area contributed by atoms with Crippen molar-refractivity contribution in [1.29, 1.82) is 5.26 Å². The van der Waals surface area contributed by atoms with Crippen molar-refractivity contribution in [3.63, 3.8) is 0 Å². The van der Waals surface area contributed by atoms with Gasteiger partial charge in [0.25, 0.3) is 5.72 Å². The first-order chi connectivity index (χ1) is 13.4. The van der Waals surface area contributed by atoms with E-state index in [-0.39, 0.29) is 18.8 Å². The van der Waals surface area contributed by atoms with Gasteiger partial charge in [-0.15, -0.1) is 0 Å². The van der Waals surface area contributed by atoms with Gasteiger partial charge in [-0.05, 0) is 12.5 Å². The van der Waals surface area contributed by atoms with E-state index in [9.17, 15) is 25.1 Å². The number of aliphatic hydroxyl groups excluding tert-OH is 2. The quantitative estimate of drug-likeness (QED) is 0.387. The van der Waals surface area contributed by atoms with Gasteiger partial charge in [0.2, 0.25) is 0 Å². The Kier molecular flexibility index (Phi) is 7.51. The Morgan fingerprint density at radius 1 is 1.43 bits per heavy atom. The van der Waals surface area contributed by atoms with Crippen molar-refractivity contribution in [3.8, 4) is 6.07 Å². The third-order valence-corrected chi connectivity index (χ3v) is 4.67. The van der Waals surface area contributed by atoms with Crippen LogP contribution in [0.25, 0.3) is 0 Å². The standard InChI is InChI=1S/C18H26N4O6/c1-2-3-4-5-6-7-14(23)27-10-12-15(24)16(25)18(11-19,28-12)22-9-8-13(20)21-17(22)26/h8-9,12,15-16,24-25H,2-7,10H2,1H3,(H2,20,21,26)/t12-,15-,16-,18-/m1/s1. The van der Waals surface area contributed by atoms with Crippen LogP contribution in [0.1, 0.15) is 45.4 Å². The second-order valence-corrected chi connectivity index (χ2v) is 6.75. The van der Waals surface area contributed by atoms with Crippen LogP contribution in [0.4, 0.5) is 5.82 Å². The van der Waals surface area contributed by atoms with Crippen molar-refractivity contribution in [1.82, 2.24) is 9.55 Å². The van der Waals surface area contributed by atoms with Gasteiger partial charge in [0.1, 0.15) is 36.8 Å². The zero-order valence-corrected chi connectivity index (χ0v) is 15.8. The summed E-state index contributed by atoms with van der Waals surface area (Å²) in [5, 5.41) is 30.2. The Bertz CT molecular complexity index is 776. The van der Waals surface area contributed by atoms with Crippen molar-refractivity contribution in [2.45, 2.75) is 69.5 Å². The minimum absolute atomic E-state index is 0.0632. The third-order valence-electron chi connectivity index (χ3n) is 4.67. The van der Waals surface area contributed by atoms with Gasteiger partial charge >= 0.3 is 11.7 Å². The molecule has 1 aliphatic heterocycles. The van der Waals surface area contributed by atoms with E-state index in [1.807, 2.05) is 0 Å². The second-order valence-electron chi connectivity index (χ2n) is 6.75. The first kappa shape index (κ1) is 21.8. The molecule has 0 aromatic carbocycles. The monoisotopic (exact) mass is 394 g/mol. The number of carbonyl (C=O) groups is 1. The lowest BCUT2D eigenvalue weighted by atomic mass is 10.0. The molecule has 2 rings (SSSR count). The summed E-state index contributed by atoms with van der Waals surface area (Å²) in [5.41, 5.74) is 2.31. The van der Waals surface area contributed by atoms with E-state index in [1.165, 1.54) is 6.07 Å². The number of esters is 1. The van der Waals surface area contributed by atoms with Gasteiger partial charge < -0.3 is 25.4 Å². The minimum Gasteiger partial charge on any atom is -0.463 e. The molecule has 28 heavy (non-hydrogen) atoms. The molecule has 10 heteroatoms. The summed E-state index contributed by atoms with van der Waals surface area (Å²) in [4.78, 5) is 27.4. The molecule has 1 fully saturated rings. The van der Waals surface area contributed by atoms with Crippen LogP contribution in [0, 0.1) is 11.3 Å². The number of nitriles is 1. The van der Waals surface area contributed by atoms with Crippen LogP contribution in [0.15, 0.2) is 17.1 Å².